The van der Waals surface area contributed by atoms with Gasteiger partial charge in [0, 0.05) is 0 Å². The van der Waals surface area contributed by atoms with Crippen molar-refractivity contribution in [1.29, 1.82) is 0 Å². The van der Waals surface area contributed by atoms with Crippen LogP contribution < -0.4 is 21.0 Å². The molecule has 0 fully saturated rings. The Morgan fingerprint density at radius 1 is 0.536 bits per heavy atom. The van der Waals surface area contributed by atoms with Crippen molar-refractivity contribution in [1.82, 2.24) is 5.09 Å². The Balaban J connectivity index is 1.86. The summed E-state index contributed by atoms with van der Waals surface area (Å²) in [6.45, 7) is 0.659. The van der Waals surface area contributed by atoms with Crippen molar-refractivity contribution >= 4 is 23.3 Å². The summed E-state index contributed by atoms with van der Waals surface area (Å²) < 4.78 is 13.3. The van der Waals surface area contributed by atoms with Gasteiger partial charge in [0.25, 0.3) is 0 Å². The maximum atomic E-state index is 13.3. The molecule has 138 valence electrons. The molecule has 4 aromatic rings. The molecule has 0 aliphatic heterocycles. The van der Waals surface area contributed by atoms with E-state index in [9.17, 15) is 4.39 Å². The van der Waals surface area contributed by atoms with Gasteiger partial charge in [-0.2, -0.15) is 5.09 Å². The SMILES string of the molecule is Fc1ccc(CN[P+](c2ccccc2)(c2ccccc2)c2ccccc2)cc1. The predicted molar refractivity (Wildman–Crippen MR) is 118 cm³/mol. The molecule has 0 spiro atoms. The van der Waals surface area contributed by atoms with Crippen molar-refractivity contribution in [3.05, 3.63) is 127 Å². The lowest BCUT2D eigenvalue weighted by Crippen LogP contribution is -2.40. The first-order chi connectivity index (χ1) is 13.8. The fourth-order valence-electron chi connectivity index (χ4n) is 3.49. The first-order valence-corrected chi connectivity index (χ1v) is 11.1. The van der Waals surface area contributed by atoms with Gasteiger partial charge in [0.2, 0.25) is 0 Å². The van der Waals surface area contributed by atoms with Gasteiger partial charge in [0.1, 0.15) is 21.7 Å². The molecule has 0 aliphatic carbocycles. The molecule has 1 N–H and O–H groups in total. The topological polar surface area (TPSA) is 12.0 Å². The van der Waals surface area contributed by atoms with E-state index in [4.69, 9.17) is 0 Å². The quantitative estimate of drug-likeness (QED) is 0.468. The highest BCUT2D eigenvalue weighted by Crippen LogP contribution is 2.51. The summed E-state index contributed by atoms with van der Waals surface area (Å²) in [5.74, 6) is -0.209. The normalized spacial score (nSPS) is 11.3. The second-order valence-corrected chi connectivity index (χ2v) is 9.85. The van der Waals surface area contributed by atoms with Gasteiger partial charge in [-0.15, -0.1) is 0 Å². The fraction of sp³-hybridized carbons (Fsp3) is 0.0400. The van der Waals surface area contributed by atoms with Crippen molar-refractivity contribution in [2.45, 2.75) is 6.54 Å². The summed E-state index contributed by atoms with van der Waals surface area (Å²) in [6.07, 6.45) is 0. The van der Waals surface area contributed by atoms with E-state index < -0.39 is 7.41 Å². The molecule has 0 radical (unpaired) electrons. The Labute approximate surface area is 166 Å². The molecule has 3 heteroatoms. The molecule has 0 saturated heterocycles. The van der Waals surface area contributed by atoms with Crippen LogP contribution in [-0.2, 0) is 6.54 Å². The summed E-state index contributed by atoms with van der Waals surface area (Å²) >= 11 is 0. The third-order valence-electron chi connectivity index (χ3n) is 4.86. The number of rotatable bonds is 6. The first kappa shape index (κ1) is 18.6. The molecule has 0 aliphatic rings. The third kappa shape index (κ3) is 3.75. The van der Waals surface area contributed by atoms with Crippen LogP contribution in [0.25, 0.3) is 0 Å². The summed E-state index contributed by atoms with van der Waals surface area (Å²) in [7, 11) is -2.07. The number of halogens is 1. The van der Waals surface area contributed by atoms with E-state index in [-0.39, 0.29) is 5.82 Å². The molecule has 0 saturated carbocycles. The Morgan fingerprint density at radius 2 is 0.929 bits per heavy atom. The Kier molecular flexibility index (Phi) is 5.62. The molecule has 28 heavy (non-hydrogen) atoms. The van der Waals surface area contributed by atoms with Crippen molar-refractivity contribution in [3.8, 4) is 0 Å². The van der Waals surface area contributed by atoms with Gasteiger partial charge >= 0.3 is 0 Å². The lowest BCUT2D eigenvalue weighted by molar-refractivity contribution is 0.627. The van der Waals surface area contributed by atoms with Gasteiger partial charge in [-0.05, 0) is 54.1 Å². The number of hydrogen-bond donors (Lipinski definition) is 1. The van der Waals surface area contributed by atoms with Crippen LogP contribution in [0.15, 0.2) is 115 Å². The Morgan fingerprint density at radius 3 is 1.32 bits per heavy atom. The van der Waals surface area contributed by atoms with E-state index in [0.717, 1.165) is 5.56 Å². The minimum absolute atomic E-state index is 0.209. The smallest absolute Gasteiger partial charge is 0.178 e. The van der Waals surface area contributed by atoms with Gasteiger partial charge in [0.15, 0.2) is 7.41 Å². The molecule has 0 heterocycles. The van der Waals surface area contributed by atoms with Crippen LogP contribution in [0.4, 0.5) is 4.39 Å². The van der Waals surface area contributed by atoms with Gasteiger partial charge < -0.3 is 0 Å². The molecule has 1 nitrogen and oxygen atoms in total. The zero-order valence-electron chi connectivity index (χ0n) is 15.5. The Bertz CT molecular complexity index is 906. The van der Waals surface area contributed by atoms with Crippen LogP contribution >= 0.6 is 7.41 Å². The average Bonchev–Trinajstić information content (AvgIpc) is 2.78. The van der Waals surface area contributed by atoms with E-state index >= 15 is 0 Å². The highest BCUT2D eigenvalue weighted by Gasteiger charge is 2.45. The zero-order chi connectivity index (χ0) is 19.2. The molecule has 4 aromatic carbocycles. The summed E-state index contributed by atoms with van der Waals surface area (Å²) in [5.41, 5.74) is 1.06. The average molecular weight is 386 g/mol. The van der Waals surface area contributed by atoms with E-state index in [0.29, 0.717) is 6.54 Å². The van der Waals surface area contributed by atoms with Crippen molar-refractivity contribution in [2.75, 3.05) is 0 Å². The molecule has 0 bridgehead atoms. The first-order valence-electron chi connectivity index (χ1n) is 9.34. The lowest BCUT2D eigenvalue weighted by atomic mass is 10.2. The van der Waals surface area contributed by atoms with Crippen LogP contribution in [0.5, 0.6) is 0 Å². The third-order valence-corrected chi connectivity index (χ3v) is 8.71. The van der Waals surface area contributed by atoms with Crippen molar-refractivity contribution in [2.24, 2.45) is 0 Å². The largest absolute Gasteiger partial charge is 0.207 e. The Hall–Kier alpha value is -2.80. The minimum Gasteiger partial charge on any atom is -0.207 e. The maximum absolute atomic E-state index is 13.3. The van der Waals surface area contributed by atoms with E-state index in [1.54, 1.807) is 0 Å². The summed E-state index contributed by atoms with van der Waals surface area (Å²) in [4.78, 5) is 0. The van der Waals surface area contributed by atoms with Crippen LogP contribution in [0, 0.1) is 5.82 Å². The number of nitrogens with one attached hydrogen (secondary N) is 1. The van der Waals surface area contributed by atoms with Gasteiger partial charge in [0.05, 0.1) is 6.54 Å². The van der Waals surface area contributed by atoms with E-state index in [1.807, 2.05) is 30.3 Å². The number of benzene rings is 4. The molecular formula is C25H22FNP+. The van der Waals surface area contributed by atoms with E-state index in [1.165, 1.54) is 28.0 Å². The van der Waals surface area contributed by atoms with Crippen molar-refractivity contribution < 1.29 is 4.39 Å². The van der Waals surface area contributed by atoms with Crippen LogP contribution in [0.2, 0.25) is 0 Å². The van der Waals surface area contributed by atoms with E-state index in [2.05, 4.69) is 77.9 Å². The second kappa shape index (κ2) is 8.48. The molecule has 0 unspecified atom stereocenters. The van der Waals surface area contributed by atoms with Crippen molar-refractivity contribution in [3.63, 3.8) is 0 Å². The highest BCUT2D eigenvalue weighted by molar-refractivity contribution is 7.94. The maximum Gasteiger partial charge on any atom is 0.178 e. The van der Waals surface area contributed by atoms with Crippen LogP contribution in [0.1, 0.15) is 5.56 Å². The molecular weight excluding hydrogens is 364 g/mol. The minimum atomic E-state index is -2.07. The predicted octanol–water partition coefficient (Wildman–Crippen LogP) is 4.82. The molecule has 0 amide bonds. The fourth-order valence-corrected chi connectivity index (χ4v) is 7.21. The summed E-state index contributed by atoms with van der Waals surface area (Å²) in [6, 6.07) is 38.6. The second-order valence-electron chi connectivity index (χ2n) is 6.64. The molecule has 0 atom stereocenters. The lowest BCUT2D eigenvalue weighted by Gasteiger charge is -2.28. The van der Waals surface area contributed by atoms with Crippen LogP contribution in [-0.4, -0.2) is 0 Å². The van der Waals surface area contributed by atoms with Gasteiger partial charge in [-0.1, -0.05) is 66.7 Å². The highest BCUT2D eigenvalue weighted by atomic mass is 31.2. The summed E-state index contributed by atoms with van der Waals surface area (Å²) in [5, 5.41) is 7.72. The monoisotopic (exact) mass is 386 g/mol. The molecule has 4 rings (SSSR count). The number of hydrogen-bond acceptors (Lipinski definition) is 1. The van der Waals surface area contributed by atoms with Gasteiger partial charge in [-0.25, -0.2) is 4.39 Å². The standard InChI is InChI=1S/C25H22FNP/c26-22-18-16-21(17-19-22)20-27-28(23-10-4-1-5-11-23,24-12-6-2-7-13-24)25-14-8-3-9-15-25/h1-19,27H,20H2/q+1. The van der Waals surface area contributed by atoms with Gasteiger partial charge in [-0.3, -0.25) is 0 Å². The zero-order valence-corrected chi connectivity index (χ0v) is 16.4. The van der Waals surface area contributed by atoms with Crippen LogP contribution in [0.3, 0.4) is 0 Å². The molecule has 0 aromatic heterocycles.